The number of aromatic nitrogens is 1. The molecule has 0 fully saturated rings. The fourth-order valence-corrected chi connectivity index (χ4v) is 2.58. The number of hydrogen-bond acceptors (Lipinski definition) is 6. The summed E-state index contributed by atoms with van der Waals surface area (Å²) in [6, 6.07) is 9.16. The molecule has 0 bridgehead atoms. The van der Waals surface area contributed by atoms with Crippen LogP contribution in [0, 0.1) is 6.92 Å². The largest absolute Gasteiger partial charge is 0.461 e. The zero-order chi connectivity index (χ0) is 15.4. The predicted molar refractivity (Wildman–Crippen MR) is 82.1 cm³/mol. The lowest BCUT2D eigenvalue weighted by molar-refractivity contribution is -0.139. The van der Waals surface area contributed by atoms with Gasteiger partial charge in [-0.25, -0.2) is 4.79 Å². The van der Waals surface area contributed by atoms with E-state index >= 15 is 0 Å². The molecule has 0 saturated carbocycles. The number of aryl methyl sites for hydroxylation is 1. The third-order valence-electron chi connectivity index (χ3n) is 2.83. The van der Waals surface area contributed by atoms with E-state index in [0.29, 0.717) is 17.2 Å². The molecule has 0 N–H and O–H groups in total. The van der Waals surface area contributed by atoms with Gasteiger partial charge in [0, 0.05) is 21.9 Å². The molecule has 6 heteroatoms. The van der Waals surface area contributed by atoms with E-state index in [4.69, 9.17) is 13.7 Å². The van der Waals surface area contributed by atoms with Crippen LogP contribution in [0.25, 0.3) is 17.6 Å². The highest BCUT2D eigenvalue weighted by atomic mass is 32.1. The first-order chi connectivity index (χ1) is 10.7. The molecular weight excluding hydrogens is 302 g/mol. The second-order valence-electron chi connectivity index (χ2n) is 4.55. The van der Waals surface area contributed by atoms with Gasteiger partial charge in [0.05, 0.1) is 6.26 Å². The zero-order valence-electron chi connectivity index (χ0n) is 11.8. The molecule has 0 aromatic carbocycles. The molecule has 0 aliphatic heterocycles. The molecule has 0 radical (unpaired) electrons. The molecular formula is C16H13NO4S. The Bertz CT molecular complexity index is 783. The fourth-order valence-electron chi connectivity index (χ4n) is 1.80. The van der Waals surface area contributed by atoms with Gasteiger partial charge in [0.2, 0.25) is 5.76 Å². The first kappa shape index (κ1) is 14.3. The number of esters is 1. The average Bonchev–Trinajstić information content (AvgIpc) is 3.23. The summed E-state index contributed by atoms with van der Waals surface area (Å²) in [5.74, 6) is 0.660. The van der Waals surface area contributed by atoms with Crippen molar-refractivity contribution in [2.45, 2.75) is 13.5 Å². The molecule has 0 aliphatic carbocycles. The minimum atomic E-state index is -0.423. The Morgan fingerprint density at radius 2 is 2.27 bits per heavy atom. The monoisotopic (exact) mass is 315 g/mol. The Hall–Kier alpha value is -2.60. The molecule has 0 amide bonds. The average molecular weight is 315 g/mol. The molecule has 3 heterocycles. The van der Waals surface area contributed by atoms with Gasteiger partial charge in [-0.1, -0.05) is 5.16 Å². The summed E-state index contributed by atoms with van der Waals surface area (Å²) in [7, 11) is 0. The quantitative estimate of drug-likeness (QED) is 0.524. The Labute approximate surface area is 130 Å². The van der Waals surface area contributed by atoms with Gasteiger partial charge in [0.15, 0.2) is 5.76 Å². The van der Waals surface area contributed by atoms with Crippen molar-refractivity contribution in [2.24, 2.45) is 0 Å². The van der Waals surface area contributed by atoms with Crippen molar-refractivity contribution >= 4 is 23.4 Å². The van der Waals surface area contributed by atoms with Crippen LogP contribution in [0.2, 0.25) is 0 Å². The van der Waals surface area contributed by atoms with Crippen molar-refractivity contribution in [3.05, 3.63) is 58.1 Å². The molecule has 3 rings (SSSR count). The number of nitrogens with zero attached hydrogens (tertiary/aromatic N) is 1. The van der Waals surface area contributed by atoms with E-state index in [1.165, 1.54) is 11.0 Å². The topological polar surface area (TPSA) is 65.5 Å². The maximum absolute atomic E-state index is 11.7. The van der Waals surface area contributed by atoms with E-state index in [2.05, 4.69) is 5.16 Å². The first-order valence-electron chi connectivity index (χ1n) is 6.61. The highest BCUT2D eigenvalue weighted by Crippen LogP contribution is 2.21. The first-order valence-corrected chi connectivity index (χ1v) is 7.43. The number of rotatable bonds is 5. The molecule has 0 spiro atoms. The lowest BCUT2D eigenvalue weighted by Crippen LogP contribution is -2.00. The molecule has 3 aromatic rings. The Balaban J connectivity index is 1.54. The number of thiophene rings is 1. The van der Waals surface area contributed by atoms with Crippen LogP contribution in [0.1, 0.15) is 15.4 Å². The lowest BCUT2D eigenvalue weighted by Gasteiger charge is -1.96. The van der Waals surface area contributed by atoms with Crippen molar-refractivity contribution < 1.29 is 18.5 Å². The zero-order valence-corrected chi connectivity index (χ0v) is 12.6. The smallest absolute Gasteiger partial charge is 0.331 e. The van der Waals surface area contributed by atoms with E-state index in [1.807, 2.05) is 19.1 Å². The maximum atomic E-state index is 11.7. The molecule has 5 nitrogen and oxygen atoms in total. The summed E-state index contributed by atoms with van der Waals surface area (Å²) < 4.78 is 15.4. The van der Waals surface area contributed by atoms with Gasteiger partial charge in [0.1, 0.15) is 12.3 Å². The van der Waals surface area contributed by atoms with E-state index in [0.717, 1.165) is 4.88 Å². The number of carbonyl (C=O) groups excluding carboxylic acids is 1. The van der Waals surface area contributed by atoms with Crippen LogP contribution >= 0.6 is 11.3 Å². The molecule has 112 valence electrons. The van der Waals surface area contributed by atoms with Crippen LogP contribution < -0.4 is 0 Å². The van der Waals surface area contributed by atoms with Crippen molar-refractivity contribution in [1.29, 1.82) is 0 Å². The van der Waals surface area contributed by atoms with E-state index < -0.39 is 5.97 Å². The van der Waals surface area contributed by atoms with Crippen LogP contribution in [0.4, 0.5) is 0 Å². The van der Waals surface area contributed by atoms with Gasteiger partial charge in [-0.3, -0.25) is 0 Å². The second kappa shape index (κ2) is 6.44. The number of furan rings is 1. The third-order valence-corrected chi connectivity index (χ3v) is 3.80. The lowest BCUT2D eigenvalue weighted by atomic mass is 10.3. The van der Waals surface area contributed by atoms with Gasteiger partial charge in [-0.15, -0.1) is 11.3 Å². The van der Waals surface area contributed by atoms with Crippen LogP contribution in [-0.2, 0) is 16.1 Å². The molecule has 0 saturated heterocycles. The van der Waals surface area contributed by atoms with E-state index in [9.17, 15) is 4.79 Å². The SMILES string of the molecule is Cc1ccc(/C=C/C(=O)OCc2cc(-c3ccco3)on2)s1. The van der Waals surface area contributed by atoms with Crippen molar-refractivity contribution in [3.8, 4) is 11.5 Å². The Morgan fingerprint density at radius 1 is 1.36 bits per heavy atom. The fraction of sp³-hybridized carbons (Fsp3) is 0.125. The normalized spacial score (nSPS) is 11.1. The van der Waals surface area contributed by atoms with Gasteiger partial charge in [0.25, 0.3) is 0 Å². The summed E-state index contributed by atoms with van der Waals surface area (Å²) >= 11 is 1.61. The van der Waals surface area contributed by atoms with Gasteiger partial charge >= 0.3 is 5.97 Å². The standard InChI is InChI=1S/C16H13NO4S/c1-11-4-5-13(22-11)6-7-16(18)20-10-12-9-15(21-17-12)14-3-2-8-19-14/h2-9H,10H2,1H3/b7-6+. The minimum absolute atomic E-state index is 0.0524. The third kappa shape index (κ3) is 3.53. The number of ether oxygens (including phenoxy) is 1. The van der Waals surface area contributed by atoms with E-state index in [1.54, 1.807) is 41.9 Å². The van der Waals surface area contributed by atoms with Crippen molar-refractivity contribution in [3.63, 3.8) is 0 Å². The predicted octanol–water partition coefficient (Wildman–Crippen LogP) is 4.06. The Kier molecular flexibility index (Phi) is 4.20. The van der Waals surface area contributed by atoms with Crippen LogP contribution in [0.3, 0.4) is 0 Å². The molecule has 0 aliphatic rings. The summed E-state index contributed by atoms with van der Waals surface area (Å²) in [5.41, 5.74) is 0.528. The molecule has 0 atom stereocenters. The second-order valence-corrected chi connectivity index (χ2v) is 5.87. The Morgan fingerprint density at radius 3 is 3.00 bits per heavy atom. The number of carbonyl (C=O) groups is 1. The van der Waals surface area contributed by atoms with Crippen molar-refractivity contribution in [1.82, 2.24) is 5.16 Å². The maximum Gasteiger partial charge on any atom is 0.331 e. The van der Waals surface area contributed by atoms with E-state index in [-0.39, 0.29) is 6.61 Å². The summed E-state index contributed by atoms with van der Waals surface area (Å²) in [5, 5.41) is 3.83. The number of hydrogen-bond donors (Lipinski definition) is 0. The highest BCUT2D eigenvalue weighted by Gasteiger charge is 2.10. The highest BCUT2D eigenvalue weighted by molar-refractivity contribution is 7.12. The summed E-state index contributed by atoms with van der Waals surface area (Å²) in [6.07, 6.45) is 4.69. The van der Waals surface area contributed by atoms with Gasteiger partial charge < -0.3 is 13.7 Å². The minimum Gasteiger partial charge on any atom is -0.461 e. The van der Waals surface area contributed by atoms with Crippen LogP contribution in [-0.4, -0.2) is 11.1 Å². The molecule has 3 aromatic heterocycles. The van der Waals surface area contributed by atoms with Gasteiger partial charge in [-0.2, -0.15) is 0 Å². The van der Waals surface area contributed by atoms with Crippen LogP contribution in [0.15, 0.2) is 51.6 Å². The van der Waals surface area contributed by atoms with Gasteiger partial charge in [-0.05, 0) is 37.3 Å². The summed E-state index contributed by atoms with van der Waals surface area (Å²) in [4.78, 5) is 13.9. The molecule has 0 unspecified atom stereocenters. The molecule has 22 heavy (non-hydrogen) atoms. The van der Waals surface area contributed by atoms with Crippen LogP contribution in [0.5, 0.6) is 0 Å². The summed E-state index contributed by atoms with van der Waals surface area (Å²) in [6.45, 7) is 2.07. The van der Waals surface area contributed by atoms with Crippen molar-refractivity contribution in [2.75, 3.05) is 0 Å².